The van der Waals surface area contributed by atoms with Gasteiger partial charge in [0.05, 0.1) is 10.9 Å². The van der Waals surface area contributed by atoms with E-state index in [1.54, 1.807) is 24.3 Å². The van der Waals surface area contributed by atoms with E-state index in [9.17, 15) is 4.79 Å². The average Bonchev–Trinajstić information content (AvgIpc) is 2.56. The van der Waals surface area contributed by atoms with Crippen molar-refractivity contribution in [2.24, 2.45) is 0 Å². The Bertz CT molecular complexity index is 633. The zero-order chi connectivity index (χ0) is 11.3. The maximum atomic E-state index is 12.1. The molecule has 3 heteroatoms. The van der Waals surface area contributed by atoms with E-state index in [0.29, 0.717) is 23.9 Å². The van der Waals surface area contributed by atoms with Gasteiger partial charge in [0.15, 0.2) is 0 Å². The first kappa shape index (κ1) is 5.96. The zero-order valence-electron chi connectivity index (χ0n) is 9.53. The number of aryl methyl sites for hydroxylation is 1. The van der Waals surface area contributed by atoms with Gasteiger partial charge in [0, 0.05) is 15.7 Å². The minimum absolute atomic E-state index is 0.137. The van der Waals surface area contributed by atoms with E-state index in [2.05, 4.69) is 4.98 Å². The van der Waals surface area contributed by atoms with Crippen LogP contribution in [0.15, 0.2) is 29.1 Å². The van der Waals surface area contributed by atoms with Crippen molar-refractivity contribution in [3.8, 4) is 0 Å². The highest BCUT2D eigenvalue weighted by atomic mass is 16.1. The van der Waals surface area contributed by atoms with Crippen molar-refractivity contribution in [1.82, 2.24) is 9.55 Å². The Kier molecular flexibility index (Phi) is 1.14. The number of hydrogen-bond acceptors (Lipinski definition) is 2. The van der Waals surface area contributed by atoms with Gasteiger partial charge in [-0.25, -0.2) is 4.98 Å². The summed E-state index contributed by atoms with van der Waals surface area (Å²) in [5.74, 6) is 0.260. The van der Waals surface area contributed by atoms with Crippen LogP contribution in [0.1, 0.15) is 15.0 Å². The second-order valence-electron chi connectivity index (χ2n) is 3.34. The third-order valence-corrected chi connectivity index (χ3v) is 2.48. The lowest BCUT2D eigenvalue weighted by atomic mass is 10.2. The molecule has 0 unspecified atom stereocenters. The molecule has 0 spiro atoms. The van der Waals surface area contributed by atoms with Gasteiger partial charge in [-0.1, -0.05) is 12.1 Å². The van der Waals surface area contributed by atoms with Crippen molar-refractivity contribution in [2.45, 2.75) is 19.3 Å². The molecule has 2 aromatic rings. The lowest BCUT2D eigenvalue weighted by Gasteiger charge is -2.03. The molecule has 0 saturated heterocycles. The highest BCUT2D eigenvalue weighted by molar-refractivity contribution is 5.77. The van der Waals surface area contributed by atoms with Gasteiger partial charge in [-0.2, -0.15) is 0 Å². The van der Waals surface area contributed by atoms with Crippen LogP contribution < -0.4 is 5.56 Å². The standard InChI is InChI=1S/C11H10N2O/c14-11-8-4-1-2-5-9(8)12-10-6-3-7-13(10)11/h1-2,4-5H,3,6-7H2/i6D2. The SMILES string of the molecule is [2H]C1([2H])CCn2c1nc1ccccc1c2=O. The molecule has 1 aliphatic rings. The minimum atomic E-state index is -1.48. The second kappa shape index (κ2) is 2.67. The van der Waals surface area contributed by atoms with E-state index in [1.165, 1.54) is 4.57 Å². The van der Waals surface area contributed by atoms with Crippen LogP contribution in [-0.4, -0.2) is 9.55 Å². The molecule has 1 aromatic carbocycles. The van der Waals surface area contributed by atoms with Crippen LogP contribution in [0.5, 0.6) is 0 Å². The molecule has 0 amide bonds. The summed E-state index contributed by atoms with van der Waals surface area (Å²) in [7, 11) is 0. The Balaban J connectivity index is 2.46. The summed E-state index contributed by atoms with van der Waals surface area (Å²) in [4.78, 5) is 16.3. The molecule has 2 heterocycles. The summed E-state index contributed by atoms with van der Waals surface area (Å²) in [6.45, 7) is 0.416. The molecule has 1 aromatic heterocycles. The largest absolute Gasteiger partial charge is 0.296 e. The first-order chi connectivity index (χ1) is 7.59. The third-order valence-electron chi connectivity index (χ3n) is 2.48. The summed E-state index contributed by atoms with van der Waals surface area (Å²) in [6, 6.07) is 7.07. The first-order valence-electron chi connectivity index (χ1n) is 5.60. The summed E-state index contributed by atoms with van der Waals surface area (Å²) in [5.41, 5.74) is 0.437. The van der Waals surface area contributed by atoms with Crippen molar-refractivity contribution >= 4 is 10.9 Å². The molecule has 3 nitrogen and oxygen atoms in total. The molecule has 0 saturated carbocycles. The molecular formula is C11H10N2O. The van der Waals surface area contributed by atoms with Crippen molar-refractivity contribution in [3.63, 3.8) is 0 Å². The van der Waals surface area contributed by atoms with Crippen molar-refractivity contribution in [2.75, 3.05) is 0 Å². The predicted octanol–water partition coefficient (Wildman–Crippen LogP) is 1.34. The van der Waals surface area contributed by atoms with Crippen LogP contribution in [0.3, 0.4) is 0 Å². The number of para-hydroxylation sites is 1. The van der Waals surface area contributed by atoms with E-state index in [-0.39, 0.29) is 11.4 Å². The summed E-state index contributed by atoms with van der Waals surface area (Å²) < 4.78 is 17.0. The molecule has 0 atom stereocenters. The lowest BCUT2D eigenvalue weighted by molar-refractivity contribution is 0.719. The fourth-order valence-electron chi connectivity index (χ4n) is 1.79. The van der Waals surface area contributed by atoms with E-state index in [1.807, 2.05) is 0 Å². The molecule has 14 heavy (non-hydrogen) atoms. The van der Waals surface area contributed by atoms with Crippen LogP contribution in [0.2, 0.25) is 0 Å². The number of fused-ring (bicyclic) bond motifs is 2. The van der Waals surface area contributed by atoms with Crippen LogP contribution in [0.4, 0.5) is 0 Å². The van der Waals surface area contributed by atoms with Gasteiger partial charge in [-0.15, -0.1) is 0 Å². The van der Waals surface area contributed by atoms with Crippen molar-refractivity contribution < 1.29 is 2.74 Å². The van der Waals surface area contributed by atoms with E-state index >= 15 is 0 Å². The van der Waals surface area contributed by atoms with Gasteiger partial charge in [0.2, 0.25) is 0 Å². The molecule has 0 aliphatic carbocycles. The van der Waals surface area contributed by atoms with Gasteiger partial charge in [-0.3, -0.25) is 9.36 Å². The molecule has 0 fully saturated rings. The van der Waals surface area contributed by atoms with Crippen LogP contribution in [0.25, 0.3) is 10.9 Å². The highest BCUT2D eigenvalue weighted by Gasteiger charge is 2.14. The second-order valence-corrected chi connectivity index (χ2v) is 3.34. The highest BCUT2D eigenvalue weighted by Crippen LogP contribution is 2.13. The summed E-state index contributed by atoms with van der Waals surface area (Å²) in [5, 5.41) is 0.559. The van der Waals surface area contributed by atoms with Gasteiger partial charge >= 0.3 is 0 Å². The molecular weight excluding hydrogens is 176 g/mol. The van der Waals surface area contributed by atoms with E-state index < -0.39 is 6.37 Å². The predicted molar refractivity (Wildman–Crippen MR) is 54.3 cm³/mol. The normalized spacial score (nSPS) is 20.3. The maximum Gasteiger partial charge on any atom is 0.261 e. The molecule has 0 bridgehead atoms. The zero-order valence-corrected chi connectivity index (χ0v) is 7.53. The smallest absolute Gasteiger partial charge is 0.261 e. The lowest BCUT2D eigenvalue weighted by Crippen LogP contribution is -2.20. The number of aromatic nitrogens is 2. The topological polar surface area (TPSA) is 34.9 Å². The van der Waals surface area contributed by atoms with Crippen LogP contribution >= 0.6 is 0 Å². The van der Waals surface area contributed by atoms with Crippen LogP contribution in [0, 0.1) is 0 Å². The summed E-state index contributed by atoms with van der Waals surface area (Å²) in [6.07, 6.45) is -1.16. The van der Waals surface area contributed by atoms with Gasteiger partial charge in [-0.05, 0) is 18.6 Å². The number of nitrogens with zero attached hydrogens (tertiary/aromatic N) is 2. The van der Waals surface area contributed by atoms with Crippen molar-refractivity contribution in [3.05, 3.63) is 40.4 Å². The number of rotatable bonds is 0. The fourth-order valence-corrected chi connectivity index (χ4v) is 1.79. The summed E-state index contributed by atoms with van der Waals surface area (Å²) >= 11 is 0. The fraction of sp³-hybridized carbons (Fsp3) is 0.273. The molecule has 3 rings (SSSR count). The van der Waals surface area contributed by atoms with Crippen molar-refractivity contribution in [1.29, 1.82) is 0 Å². The number of benzene rings is 1. The third kappa shape index (κ3) is 0.923. The van der Waals surface area contributed by atoms with E-state index in [0.717, 1.165) is 0 Å². The van der Waals surface area contributed by atoms with Gasteiger partial charge in [0.1, 0.15) is 5.82 Å². The molecule has 70 valence electrons. The monoisotopic (exact) mass is 188 g/mol. The quantitative estimate of drug-likeness (QED) is 0.625. The number of hydrogen-bond donors (Lipinski definition) is 0. The van der Waals surface area contributed by atoms with Gasteiger partial charge < -0.3 is 0 Å². The molecule has 0 N–H and O–H groups in total. The maximum absolute atomic E-state index is 12.1. The average molecular weight is 188 g/mol. The Hall–Kier alpha value is -1.64. The Morgan fingerprint density at radius 1 is 1.43 bits per heavy atom. The van der Waals surface area contributed by atoms with Gasteiger partial charge in [0.25, 0.3) is 5.56 Å². The molecule has 1 aliphatic heterocycles. The minimum Gasteiger partial charge on any atom is -0.296 e. The van der Waals surface area contributed by atoms with Crippen LogP contribution in [-0.2, 0) is 12.9 Å². The molecule has 0 radical (unpaired) electrons. The first-order valence-corrected chi connectivity index (χ1v) is 4.60. The Labute approximate surface area is 83.8 Å². The van der Waals surface area contributed by atoms with E-state index in [4.69, 9.17) is 2.74 Å². The Morgan fingerprint density at radius 2 is 2.29 bits per heavy atom. The Morgan fingerprint density at radius 3 is 3.21 bits per heavy atom.